The molecule has 0 aliphatic carbocycles. The van der Waals surface area contributed by atoms with E-state index in [1.54, 1.807) is 0 Å². The third kappa shape index (κ3) is 38.2. The van der Waals surface area contributed by atoms with E-state index in [1.165, 1.54) is 64.2 Å². The number of unbranched alkanes of at least 4 members (excludes halogenated alkanes) is 15. The summed E-state index contributed by atoms with van der Waals surface area (Å²) in [6.45, 7) is 6.36. The standard InChI is InChI=1S/C45H76O6/c1-4-7-10-13-16-19-21-22-24-26-29-32-35-38-44(47)50-41-42(40-49-43(46)37-34-31-28-25-18-15-12-9-6-3)51-45(48)39-36-33-30-27-23-20-17-14-11-8-5-2/h7,10,14,16-17,19,22,24,29,32,42H,4-6,8-9,11-13,15,18,20-21,23,25-28,30-31,33-41H2,1-3H3/b10-7-,17-14-,19-16-,24-22-,32-29-. The molecule has 0 aromatic heterocycles. The van der Waals surface area contributed by atoms with Gasteiger partial charge in [-0.1, -0.05) is 165 Å². The molecule has 6 heteroatoms. The highest BCUT2D eigenvalue weighted by Crippen LogP contribution is 2.13. The molecule has 0 N–H and O–H groups in total. The van der Waals surface area contributed by atoms with E-state index in [2.05, 4.69) is 69.4 Å². The fourth-order valence-electron chi connectivity index (χ4n) is 5.38. The number of esters is 3. The summed E-state index contributed by atoms with van der Waals surface area (Å²) in [7, 11) is 0. The van der Waals surface area contributed by atoms with Crippen LogP contribution in [0.15, 0.2) is 60.8 Å². The van der Waals surface area contributed by atoms with Gasteiger partial charge in [-0.2, -0.15) is 0 Å². The molecular weight excluding hydrogens is 636 g/mol. The molecule has 0 saturated carbocycles. The van der Waals surface area contributed by atoms with Gasteiger partial charge in [0.2, 0.25) is 0 Å². The van der Waals surface area contributed by atoms with Crippen molar-refractivity contribution in [2.75, 3.05) is 13.2 Å². The smallest absolute Gasteiger partial charge is 0.306 e. The van der Waals surface area contributed by atoms with Crippen molar-refractivity contribution in [1.29, 1.82) is 0 Å². The summed E-state index contributed by atoms with van der Waals surface area (Å²) in [6, 6.07) is 0. The summed E-state index contributed by atoms with van der Waals surface area (Å²) in [5, 5.41) is 0. The molecule has 0 rings (SSSR count). The molecule has 0 aliphatic rings. The quantitative estimate of drug-likeness (QED) is 0.0278. The van der Waals surface area contributed by atoms with Gasteiger partial charge in [0.1, 0.15) is 13.2 Å². The molecule has 0 fully saturated rings. The largest absolute Gasteiger partial charge is 0.462 e. The lowest BCUT2D eigenvalue weighted by Gasteiger charge is -2.18. The summed E-state index contributed by atoms with van der Waals surface area (Å²) in [5.41, 5.74) is 0. The van der Waals surface area contributed by atoms with Crippen molar-refractivity contribution in [2.24, 2.45) is 0 Å². The van der Waals surface area contributed by atoms with Crippen molar-refractivity contribution in [3.8, 4) is 0 Å². The molecule has 0 aliphatic heterocycles. The first-order chi connectivity index (χ1) is 25.0. The molecule has 6 nitrogen and oxygen atoms in total. The van der Waals surface area contributed by atoms with Crippen molar-refractivity contribution in [1.82, 2.24) is 0 Å². The fourth-order valence-corrected chi connectivity index (χ4v) is 5.38. The first-order valence-corrected chi connectivity index (χ1v) is 20.8. The van der Waals surface area contributed by atoms with Gasteiger partial charge >= 0.3 is 17.9 Å². The van der Waals surface area contributed by atoms with Crippen LogP contribution in [-0.2, 0) is 28.6 Å². The fraction of sp³-hybridized carbons (Fsp3) is 0.711. The zero-order chi connectivity index (χ0) is 37.3. The Balaban J connectivity index is 4.50. The lowest BCUT2D eigenvalue weighted by molar-refractivity contribution is -0.166. The van der Waals surface area contributed by atoms with Crippen molar-refractivity contribution in [2.45, 2.75) is 194 Å². The minimum atomic E-state index is -0.801. The van der Waals surface area contributed by atoms with Crippen molar-refractivity contribution in [3.63, 3.8) is 0 Å². The lowest BCUT2D eigenvalue weighted by atomic mass is 10.1. The Labute approximate surface area is 313 Å². The maximum Gasteiger partial charge on any atom is 0.306 e. The number of hydrogen-bond donors (Lipinski definition) is 0. The zero-order valence-electron chi connectivity index (χ0n) is 33.1. The second-order valence-corrected chi connectivity index (χ2v) is 13.5. The maximum absolute atomic E-state index is 12.6. The van der Waals surface area contributed by atoms with Gasteiger partial charge < -0.3 is 14.2 Å². The molecule has 0 radical (unpaired) electrons. The van der Waals surface area contributed by atoms with Crippen molar-refractivity contribution < 1.29 is 28.6 Å². The molecule has 0 heterocycles. The van der Waals surface area contributed by atoms with E-state index < -0.39 is 6.10 Å². The Morgan fingerprint density at radius 1 is 0.412 bits per heavy atom. The molecule has 51 heavy (non-hydrogen) atoms. The number of ether oxygens (including phenoxy) is 3. The van der Waals surface area contributed by atoms with Crippen LogP contribution < -0.4 is 0 Å². The minimum absolute atomic E-state index is 0.0993. The molecular formula is C45H76O6. The second kappa shape index (κ2) is 39.9. The molecule has 1 unspecified atom stereocenters. The molecule has 0 saturated heterocycles. The van der Waals surface area contributed by atoms with Crippen LogP contribution in [0.5, 0.6) is 0 Å². The molecule has 0 amide bonds. The summed E-state index contributed by atoms with van der Waals surface area (Å²) in [6.07, 6.45) is 46.5. The zero-order valence-corrected chi connectivity index (χ0v) is 33.1. The third-order valence-electron chi connectivity index (χ3n) is 8.52. The number of hydrogen-bond acceptors (Lipinski definition) is 6. The van der Waals surface area contributed by atoms with E-state index in [0.717, 1.165) is 77.0 Å². The van der Waals surface area contributed by atoms with Crippen LogP contribution in [0.25, 0.3) is 0 Å². The van der Waals surface area contributed by atoms with Crippen LogP contribution in [0.1, 0.15) is 188 Å². The Kier molecular flexibility index (Phi) is 37.6. The average molecular weight is 713 g/mol. The second-order valence-electron chi connectivity index (χ2n) is 13.5. The van der Waals surface area contributed by atoms with E-state index in [-0.39, 0.29) is 37.5 Å². The SMILES string of the molecule is CC/C=C\C/C=C\C/C=C\C/C=C\CCC(=O)OCC(COC(=O)CCCCCCCCCCC)OC(=O)CCCCCCC/C=C\CCCC. The molecule has 1 atom stereocenters. The summed E-state index contributed by atoms with van der Waals surface area (Å²) in [4.78, 5) is 37.5. The number of carbonyl (C=O) groups is 3. The number of carbonyl (C=O) groups excluding carboxylic acids is 3. The predicted octanol–water partition coefficient (Wildman–Crippen LogP) is 13.0. The molecule has 0 bridgehead atoms. The van der Waals surface area contributed by atoms with Crippen LogP contribution in [0.3, 0.4) is 0 Å². The monoisotopic (exact) mass is 713 g/mol. The molecule has 0 aromatic rings. The lowest BCUT2D eigenvalue weighted by Crippen LogP contribution is -2.30. The summed E-state index contributed by atoms with van der Waals surface area (Å²) in [5.74, 6) is -1.01. The summed E-state index contributed by atoms with van der Waals surface area (Å²) < 4.78 is 16.5. The highest BCUT2D eigenvalue weighted by molar-refractivity contribution is 5.71. The topological polar surface area (TPSA) is 78.9 Å². The Hall–Kier alpha value is -2.89. The molecule has 292 valence electrons. The van der Waals surface area contributed by atoms with Crippen molar-refractivity contribution >= 4 is 17.9 Å². The van der Waals surface area contributed by atoms with E-state index in [9.17, 15) is 14.4 Å². The minimum Gasteiger partial charge on any atom is -0.462 e. The Morgan fingerprint density at radius 3 is 1.37 bits per heavy atom. The molecule has 0 spiro atoms. The maximum atomic E-state index is 12.6. The van der Waals surface area contributed by atoms with Gasteiger partial charge in [-0.25, -0.2) is 0 Å². The van der Waals surface area contributed by atoms with Gasteiger partial charge in [0.25, 0.3) is 0 Å². The van der Waals surface area contributed by atoms with Gasteiger partial charge in [-0.05, 0) is 64.2 Å². The highest BCUT2D eigenvalue weighted by atomic mass is 16.6. The Bertz CT molecular complexity index is 960. The van der Waals surface area contributed by atoms with Gasteiger partial charge in [0, 0.05) is 19.3 Å². The first kappa shape index (κ1) is 48.1. The third-order valence-corrected chi connectivity index (χ3v) is 8.52. The van der Waals surface area contributed by atoms with Gasteiger partial charge in [-0.15, -0.1) is 0 Å². The van der Waals surface area contributed by atoms with E-state index in [0.29, 0.717) is 19.3 Å². The average Bonchev–Trinajstić information content (AvgIpc) is 3.12. The van der Waals surface area contributed by atoms with Crippen LogP contribution in [0.2, 0.25) is 0 Å². The van der Waals surface area contributed by atoms with Crippen LogP contribution in [0.4, 0.5) is 0 Å². The molecule has 0 aromatic carbocycles. The van der Waals surface area contributed by atoms with Gasteiger partial charge in [0.15, 0.2) is 6.10 Å². The van der Waals surface area contributed by atoms with Crippen LogP contribution in [-0.4, -0.2) is 37.2 Å². The van der Waals surface area contributed by atoms with Gasteiger partial charge in [-0.3, -0.25) is 14.4 Å². The summed E-state index contributed by atoms with van der Waals surface area (Å²) >= 11 is 0. The normalized spacial score (nSPS) is 12.6. The number of allylic oxidation sites excluding steroid dienone is 10. The van der Waals surface area contributed by atoms with E-state index >= 15 is 0 Å². The van der Waals surface area contributed by atoms with Gasteiger partial charge in [0.05, 0.1) is 0 Å². The Morgan fingerprint density at radius 2 is 0.824 bits per heavy atom. The number of rotatable bonds is 36. The van der Waals surface area contributed by atoms with E-state index in [4.69, 9.17) is 14.2 Å². The highest BCUT2D eigenvalue weighted by Gasteiger charge is 2.19. The van der Waals surface area contributed by atoms with Crippen LogP contribution in [0, 0.1) is 0 Å². The van der Waals surface area contributed by atoms with Crippen LogP contribution >= 0.6 is 0 Å². The predicted molar refractivity (Wildman–Crippen MR) is 215 cm³/mol. The van der Waals surface area contributed by atoms with E-state index in [1.807, 2.05) is 12.2 Å². The van der Waals surface area contributed by atoms with Crippen molar-refractivity contribution in [3.05, 3.63) is 60.8 Å². The first-order valence-electron chi connectivity index (χ1n) is 20.8.